The van der Waals surface area contributed by atoms with Gasteiger partial charge < -0.3 is 10.3 Å². The van der Waals surface area contributed by atoms with E-state index in [1.165, 1.54) is 25.7 Å². The fourth-order valence-corrected chi connectivity index (χ4v) is 4.52. The molecule has 0 aliphatic heterocycles. The van der Waals surface area contributed by atoms with Crippen LogP contribution in [-0.2, 0) is 17.6 Å². The van der Waals surface area contributed by atoms with Gasteiger partial charge in [-0.05, 0) is 38.5 Å². The van der Waals surface area contributed by atoms with Crippen LogP contribution >= 0.6 is 0 Å². The summed E-state index contributed by atoms with van der Waals surface area (Å²) in [5, 5.41) is 3.29. The quantitative estimate of drug-likeness (QED) is 0.630. The molecule has 148 valence electrons. The smallest absolute Gasteiger partial charge is 0.254 e. The fourth-order valence-electron chi connectivity index (χ4n) is 4.52. The van der Waals surface area contributed by atoms with E-state index in [2.05, 4.69) is 10.3 Å². The molecule has 2 aromatic rings. The summed E-state index contributed by atoms with van der Waals surface area (Å²) in [6, 6.07) is 10.0. The first-order valence-corrected chi connectivity index (χ1v) is 10.7. The number of aryl methyl sites for hydroxylation is 1. The molecule has 2 aliphatic rings. The van der Waals surface area contributed by atoms with Crippen molar-refractivity contribution in [1.82, 2.24) is 15.3 Å². The summed E-state index contributed by atoms with van der Waals surface area (Å²) < 4.78 is 0. The van der Waals surface area contributed by atoms with E-state index in [1.807, 2.05) is 30.3 Å². The van der Waals surface area contributed by atoms with Gasteiger partial charge in [0, 0.05) is 23.1 Å². The lowest BCUT2D eigenvalue weighted by Crippen LogP contribution is -2.38. The zero-order valence-corrected chi connectivity index (χ0v) is 16.4. The summed E-state index contributed by atoms with van der Waals surface area (Å²) in [4.78, 5) is 33.2. The van der Waals surface area contributed by atoms with Crippen LogP contribution in [0.4, 0.5) is 0 Å². The Morgan fingerprint density at radius 1 is 0.964 bits per heavy atom. The molecule has 1 amide bonds. The number of carbonyl (C=O) groups excluding carboxylic acids is 1. The van der Waals surface area contributed by atoms with Gasteiger partial charge in [0.25, 0.3) is 5.56 Å². The lowest BCUT2D eigenvalue weighted by molar-refractivity contribution is -0.126. The second kappa shape index (κ2) is 8.72. The number of carbonyl (C=O) groups is 1. The Morgan fingerprint density at radius 2 is 1.68 bits per heavy atom. The predicted octanol–water partition coefficient (Wildman–Crippen LogP) is 3.77. The molecular formula is C23H29N3O2. The third kappa shape index (κ3) is 4.34. The van der Waals surface area contributed by atoms with Gasteiger partial charge in [-0.1, -0.05) is 56.0 Å². The van der Waals surface area contributed by atoms with Crippen LogP contribution in [0, 0.1) is 5.92 Å². The molecule has 28 heavy (non-hydrogen) atoms. The molecule has 1 fully saturated rings. The first-order chi connectivity index (χ1) is 13.7. The highest BCUT2D eigenvalue weighted by Crippen LogP contribution is 2.25. The summed E-state index contributed by atoms with van der Waals surface area (Å²) in [5.41, 5.74) is 2.46. The van der Waals surface area contributed by atoms with Gasteiger partial charge in [-0.3, -0.25) is 9.59 Å². The van der Waals surface area contributed by atoms with E-state index in [0.29, 0.717) is 24.7 Å². The average Bonchev–Trinajstić information content (AvgIpc) is 3.10. The highest BCUT2D eigenvalue weighted by molar-refractivity contribution is 5.79. The van der Waals surface area contributed by atoms with Crippen LogP contribution in [0.3, 0.4) is 0 Å². The zero-order chi connectivity index (χ0) is 19.3. The van der Waals surface area contributed by atoms with E-state index >= 15 is 0 Å². The maximum absolute atomic E-state index is 12.8. The molecule has 0 bridgehead atoms. The van der Waals surface area contributed by atoms with Gasteiger partial charge in [0.1, 0.15) is 5.82 Å². The van der Waals surface area contributed by atoms with Gasteiger partial charge in [0.2, 0.25) is 5.91 Å². The summed E-state index contributed by atoms with van der Waals surface area (Å²) in [7, 11) is 0. The maximum atomic E-state index is 12.8. The number of nitrogens with one attached hydrogen (secondary N) is 2. The summed E-state index contributed by atoms with van der Waals surface area (Å²) in [6.07, 6.45) is 9.97. The standard InChI is InChI=1S/C23H29N3O2/c27-22(24-18-10-6-1-2-7-11-18)17-12-14-19-20(15-13-17)25-21(26-23(19)28)16-8-4-3-5-9-16/h3-5,8-9,17-18H,1-2,6-7,10-15H2,(H,24,27)(H,25,26,28). The molecule has 2 aliphatic carbocycles. The Labute approximate surface area is 166 Å². The Kier molecular flexibility index (Phi) is 5.89. The number of nitrogens with zero attached hydrogens (tertiary/aromatic N) is 1. The van der Waals surface area contributed by atoms with Crippen molar-refractivity contribution in [2.24, 2.45) is 5.92 Å². The van der Waals surface area contributed by atoms with Crippen molar-refractivity contribution < 1.29 is 4.79 Å². The molecule has 0 saturated heterocycles. The highest BCUT2D eigenvalue weighted by Gasteiger charge is 2.26. The zero-order valence-electron chi connectivity index (χ0n) is 16.4. The second-order valence-corrected chi connectivity index (χ2v) is 8.18. The minimum absolute atomic E-state index is 0.0305. The number of hydrogen-bond acceptors (Lipinski definition) is 3. The van der Waals surface area contributed by atoms with E-state index < -0.39 is 0 Å². The van der Waals surface area contributed by atoms with Crippen molar-refractivity contribution in [1.29, 1.82) is 0 Å². The molecule has 5 heteroatoms. The SMILES string of the molecule is O=C(NC1CCCCCC1)C1CCc2nc(-c3ccccc3)[nH]c(=O)c2CC1. The van der Waals surface area contributed by atoms with Crippen molar-refractivity contribution in [2.45, 2.75) is 70.3 Å². The van der Waals surface area contributed by atoms with Gasteiger partial charge in [0.15, 0.2) is 0 Å². The van der Waals surface area contributed by atoms with E-state index in [-0.39, 0.29) is 17.4 Å². The molecule has 1 heterocycles. The van der Waals surface area contributed by atoms with Gasteiger partial charge >= 0.3 is 0 Å². The summed E-state index contributed by atoms with van der Waals surface area (Å²) in [6.45, 7) is 0. The molecule has 5 nitrogen and oxygen atoms in total. The highest BCUT2D eigenvalue weighted by atomic mass is 16.2. The van der Waals surface area contributed by atoms with Gasteiger partial charge in [-0.25, -0.2) is 4.98 Å². The molecule has 1 aromatic carbocycles. The number of fused-ring (bicyclic) bond motifs is 1. The first kappa shape index (κ1) is 18.9. The van der Waals surface area contributed by atoms with Crippen molar-refractivity contribution >= 4 is 5.91 Å². The second-order valence-electron chi connectivity index (χ2n) is 8.18. The summed E-state index contributed by atoms with van der Waals surface area (Å²) in [5.74, 6) is 0.752. The van der Waals surface area contributed by atoms with Crippen molar-refractivity contribution in [3.8, 4) is 11.4 Å². The molecular weight excluding hydrogens is 350 g/mol. The molecule has 1 aromatic heterocycles. The van der Waals surface area contributed by atoms with Crippen LogP contribution in [0.15, 0.2) is 35.1 Å². The average molecular weight is 380 g/mol. The van der Waals surface area contributed by atoms with Crippen LogP contribution in [0.25, 0.3) is 11.4 Å². The van der Waals surface area contributed by atoms with Crippen LogP contribution in [0.5, 0.6) is 0 Å². The lowest BCUT2D eigenvalue weighted by Gasteiger charge is -2.20. The maximum Gasteiger partial charge on any atom is 0.254 e. The largest absolute Gasteiger partial charge is 0.353 e. The summed E-state index contributed by atoms with van der Waals surface area (Å²) >= 11 is 0. The molecule has 0 radical (unpaired) electrons. The van der Waals surface area contributed by atoms with E-state index in [1.54, 1.807) is 0 Å². The third-order valence-electron chi connectivity index (χ3n) is 6.19. The Morgan fingerprint density at radius 3 is 2.43 bits per heavy atom. The van der Waals surface area contributed by atoms with Crippen molar-refractivity contribution in [3.05, 3.63) is 51.9 Å². The number of amides is 1. The van der Waals surface area contributed by atoms with Crippen molar-refractivity contribution in [2.75, 3.05) is 0 Å². The van der Waals surface area contributed by atoms with E-state index in [9.17, 15) is 9.59 Å². The van der Waals surface area contributed by atoms with E-state index in [0.717, 1.165) is 42.5 Å². The van der Waals surface area contributed by atoms with E-state index in [4.69, 9.17) is 4.98 Å². The number of H-pyrrole nitrogens is 1. The number of aromatic amines is 1. The fraction of sp³-hybridized carbons (Fsp3) is 0.522. The topological polar surface area (TPSA) is 74.8 Å². The van der Waals surface area contributed by atoms with Crippen LogP contribution < -0.4 is 10.9 Å². The van der Waals surface area contributed by atoms with Crippen LogP contribution in [0.1, 0.15) is 62.6 Å². The third-order valence-corrected chi connectivity index (χ3v) is 6.19. The Balaban J connectivity index is 1.46. The molecule has 2 N–H and O–H groups in total. The van der Waals surface area contributed by atoms with Gasteiger partial charge in [0.05, 0.1) is 5.69 Å². The normalized spacial score (nSPS) is 20.6. The number of benzene rings is 1. The molecule has 0 spiro atoms. The minimum Gasteiger partial charge on any atom is -0.353 e. The first-order valence-electron chi connectivity index (χ1n) is 10.7. The predicted molar refractivity (Wildman–Crippen MR) is 110 cm³/mol. The minimum atomic E-state index is -0.0614. The van der Waals surface area contributed by atoms with Crippen LogP contribution in [0.2, 0.25) is 0 Å². The molecule has 1 atom stereocenters. The monoisotopic (exact) mass is 379 g/mol. The van der Waals surface area contributed by atoms with Crippen LogP contribution in [-0.4, -0.2) is 21.9 Å². The van der Waals surface area contributed by atoms with Crippen molar-refractivity contribution in [3.63, 3.8) is 0 Å². The van der Waals surface area contributed by atoms with Gasteiger partial charge in [-0.2, -0.15) is 0 Å². The number of rotatable bonds is 3. The molecule has 4 rings (SSSR count). The Hall–Kier alpha value is -2.43. The number of hydrogen-bond donors (Lipinski definition) is 2. The van der Waals surface area contributed by atoms with Gasteiger partial charge in [-0.15, -0.1) is 0 Å². The molecule has 1 saturated carbocycles. The Bertz CT molecular complexity index is 867. The number of aromatic nitrogens is 2. The molecule has 1 unspecified atom stereocenters. The lowest BCUT2D eigenvalue weighted by atomic mass is 9.97.